The van der Waals surface area contributed by atoms with Gasteiger partial charge in [0.05, 0.1) is 16.8 Å². The van der Waals surface area contributed by atoms with Gasteiger partial charge in [-0.1, -0.05) is 19.1 Å². The summed E-state index contributed by atoms with van der Waals surface area (Å²) in [6, 6.07) is 0.727. The van der Waals surface area contributed by atoms with Gasteiger partial charge in [-0.25, -0.2) is 23.1 Å². The minimum Gasteiger partial charge on any atom is -0.376 e. The standard InChI is InChI=1S/C19H16F4N4/c1-3-5-11(4-2)26-16-15(14-12(21)8-10(20)9-13(14)22)18(23)27-19-17(16)24-6-7-25-19/h3,5-9,11H,4H2,1-2H3,(H,25,26,27). The normalized spacial score (nSPS) is 12.7. The molecule has 3 rings (SSSR count). The highest BCUT2D eigenvalue weighted by molar-refractivity contribution is 5.95. The van der Waals surface area contributed by atoms with Crippen molar-refractivity contribution in [3.8, 4) is 11.1 Å². The van der Waals surface area contributed by atoms with E-state index in [1.807, 2.05) is 19.9 Å². The van der Waals surface area contributed by atoms with Gasteiger partial charge in [0.1, 0.15) is 23.0 Å². The van der Waals surface area contributed by atoms with E-state index < -0.39 is 34.5 Å². The van der Waals surface area contributed by atoms with Crippen LogP contribution in [-0.4, -0.2) is 21.0 Å². The lowest BCUT2D eigenvalue weighted by atomic mass is 10.0. The Kier molecular flexibility index (Phi) is 5.34. The van der Waals surface area contributed by atoms with Crippen LogP contribution in [0.25, 0.3) is 22.3 Å². The van der Waals surface area contributed by atoms with Crippen LogP contribution in [0.1, 0.15) is 20.3 Å². The fourth-order valence-electron chi connectivity index (χ4n) is 2.81. The van der Waals surface area contributed by atoms with Gasteiger partial charge in [-0.05, 0) is 13.3 Å². The molecule has 0 aliphatic carbocycles. The second-order valence-electron chi connectivity index (χ2n) is 5.81. The number of aromatic nitrogens is 3. The predicted octanol–water partition coefficient (Wildman–Crippen LogP) is 5.01. The summed E-state index contributed by atoms with van der Waals surface area (Å²) in [5.74, 6) is -4.71. The van der Waals surface area contributed by atoms with Crippen molar-refractivity contribution in [2.75, 3.05) is 5.32 Å². The molecule has 1 N–H and O–H groups in total. The maximum absolute atomic E-state index is 14.8. The number of halogens is 4. The number of nitrogens with zero attached hydrogens (tertiary/aromatic N) is 3. The third-order valence-corrected chi connectivity index (χ3v) is 4.03. The van der Waals surface area contributed by atoms with Crippen LogP contribution >= 0.6 is 0 Å². The quantitative estimate of drug-likeness (QED) is 0.386. The molecule has 27 heavy (non-hydrogen) atoms. The molecule has 0 spiro atoms. The largest absolute Gasteiger partial charge is 0.376 e. The van der Waals surface area contributed by atoms with Gasteiger partial charge < -0.3 is 5.32 Å². The highest BCUT2D eigenvalue weighted by Gasteiger charge is 2.25. The van der Waals surface area contributed by atoms with E-state index in [-0.39, 0.29) is 22.9 Å². The second-order valence-corrected chi connectivity index (χ2v) is 5.81. The zero-order valence-corrected chi connectivity index (χ0v) is 14.6. The third-order valence-electron chi connectivity index (χ3n) is 4.03. The summed E-state index contributed by atoms with van der Waals surface area (Å²) in [5.41, 5.74) is -0.993. The Balaban J connectivity index is 2.35. The van der Waals surface area contributed by atoms with Gasteiger partial charge in [-0.3, -0.25) is 0 Å². The molecule has 0 bridgehead atoms. The van der Waals surface area contributed by atoms with Crippen LogP contribution < -0.4 is 5.32 Å². The number of nitrogens with one attached hydrogen (secondary N) is 1. The molecule has 0 radical (unpaired) electrons. The highest BCUT2D eigenvalue weighted by atomic mass is 19.1. The summed E-state index contributed by atoms with van der Waals surface area (Å²) in [6.45, 7) is 3.71. The van der Waals surface area contributed by atoms with Gasteiger partial charge >= 0.3 is 0 Å². The minimum absolute atomic E-state index is 0.0143. The van der Waals surface area contributed by atoms with Gasteiger partial charge in [0.25, 0.3) is 0 Å². The third kappa shape index (κ3) is 3.60. The summed E-state index contributed by atoms with van der Waals surface area (Å²) in [7, 11) is 0. The highest BCUT2D eigenvalue weighted by Crippen LogP contribution is 2.38. The first-order valence-electron chi connectivity index (χ1n) is 8.30. The fraction of sp³-hybridized carbons (Fsp3) is 0.211. The fourth-order valence-corrected chi connectivity index (χ4v) is 2.81. The van der Waals surface area contributed by atoms with Crippen LogP contribution in [0.2, 0.25) is 0 Å². The van der Waals surface area contributed by atoms with Crippen LogP contribution in [0.5, 0.6) is 0 Å². The van der Waals surface area contributed by atoms with E-state index in [0.29, 0.717) is 18.6 Å². The Hall–Kier alpha value is -3.03. The molecule has 4 nitrogen and oxygen atoms in total. The van der Waals surface area contributed by atoms with Gasteiger partial charge in [0, 0.05) is 30.6 Å². The zero-order chi connectivity index (χ0) is 19.6. The number of pyridine rings is 1. The molecule has 0 amide bonds. The topological polar surface area (TPSA) is 50.7 Å². The van der Waals surface area contributed by atoms with Crippen LogP contribution in [-0.2, 0) is 0 Å². The molecule has 3 aromatic rings. The van der Waals surface area contributed by atoms with Crippen molar-refractivity contribution in [2.45, 2.75) is 26.3 Å². The second kappa shape index (κ2) is 7.69. The van der Waals surface area contributed by atoms with Gasteiger partial charge in [0.15, 0.2) is 5.65 Å². The number of allylic oxidation sites excluding steroid dienone is 1. The number of benzene rings is 1. The van der Waals surface area contributed by atoms with Crippen molar-refractivity contribution in [3.05, 3.63) is 60.1 Å². The average molecular weight is 376 g/mol. The van der Waals surface area contributed by atoms with Crippen LogP contribution in [0.3, 0.4) is 0 Å². The number of anilines is 1. The van der Waals surface area contributed by atoms with Gasteiger partial charge in [-0.15, -0.1) is 0 Å². The summed E-state index contributed by atoms with van der Waals surface area (Å²) in [6.07, 6.45) is 6.93. The molecular weight excluding hydrogens is 360 g/mol. The SMILES string of the molecule is CC=CC(CC)Nc1c(-c2c(F)cc(F)cc2F)c(F)nc2nccnc12. The van der Waals surface area contributed by atoms with E-state index in [4.69, 9.17) is 0 Å². The molecule has 2 aromatic heterocycles. The molecule has 0 aliphatic rings. The van der Waals surface area contributed by atoms with Gasteiger partial charge in [0.2, 0.25) is 5.95 Å². The first-order valence-corrected chi connectivity index (χ1v) is 8.30. The maximum Gasteiger partial charge on any atom is 0.225 e. The molecule has 1 aromatic carbocycles. The number of hydrogen-bond acceptors (Lipinski definition) is 4. The molecule has 140 valence electrons. The van der Waals surface area contributed by atoms with Crippen molar-refractivity contribution < 1.29 is 17.6 Å². The van der Waals surface area contributed by atoms with Crippen molar-refractivity contribution in [1.82, 2.24) is 15.0 Å². The predicted molar refractivity (Wildman–Crippen MR) is 95.1 cm³/mol. The molecule has 0 saturated carbocycles. The number of hydrogen-bond donors (Lipinski definition) is 1. The molecular formula is C19H16F4N4. The summed E-state index contributed by atoms with van der Waals surface area (Å²) in [4.78, 5) is 11.8. The first-order chi connectivity index (χ1) is 13.0. The molecule has 1 atom stereocenters. The summed E-state index contributed by atoms with van der Waals surface area (Å²) in [5, 5.41) is 3.05. The summed E-state index contributed by atoms with van der Waals surface area (Å²) >= 11 is 0. The molecule has 1 unspecified atom stereocenters. The lowest BCUT2D eigenvalue weighted by Crippen LogP contribution is -2.18. The Bertz CT molecular complexity index is 997. The van der Waals surface area contributed by atoms with Crippen molar-refractivity contribution in [1.29, 1.82) is 0 Å². The summed E-state index contributed by atoms with van der Waals surface area (Å²) < 4.78 is 56.9. The van der Waals surface area contributed by atoms with E-state index in [1.54, 1.807) is 6.08 Å². The smallest absolute Gasteiger partial charge is 0.225 e. The number of rotatable bonds is 5. The molecule has 0 saturated heterocycles. The Morgan fingerprint density at radius 2 is 1.70 bits per heavy atom. The van der Waals surface area contributed by atoms with E-state index in [1.165, 1.54) is 12.4 Å². The maximum atomic E-state index is 14.8. The van der Waals surface area contributed by atoms with Crippen molar-refractivity contribution >= 4 is 16.9 Å². The van der Waals surface area contributed by atoms with Crippen molar-refractivity contribution in [3.63, 3.8) is 0 Å². The van der Waals surface area contributed by atoms with Crippen LogP contribution in [0.15, 0.2) is 36.7 Å². The van der Waals surface area contributed by atoms with Crippen molar-refractivity contribution in [2.24, 2.45) is 0 Å². The van der Waals surface area contributed by atoms with E-state index in [2.05, 4.69) is 20.3 Å². The molecule has 2 heterocycles. The average Bonchev–Trinajstić information content (AvgIpc) is 2.62. The zero-order valence-electron chi connectivity index (χ0n) is 14.6. The minimum atomic E-state index is -1.24. The first kappa shape index (κ1) is 18.8. The Morgan fingerprint density at radius 3 is 2.33 bits per heavy atom. The molecule has 8 heteroatoms. The molecule has 0 aliphatic heterocycles. The van der Waals surface area contributed by atoms with E-state index in [0.717, 1.165) is 0 Å². The van der Waals surface area contributed by atoms with Gasteiger partial charge in [-0.2, -0.15) is 9.37 Å². The van der Waals surface area contributed by atoms with E-state index >= 15 is 0 Å². The lowest BCUT2D eigenvalue weighted by Gasteiger charge is -2.20. The van der Waals surface area contributed by atoms with Crippen LogP contribution in [0, 0.1) is 23.4 Å². The Morgan fingerprint density at radius 1 is 1.04 bits per heavy atom. The number of fused-ring (bicyclic) bond motifs is 1. The lowest BCUT2D eigenvalue weighted by molar-refractivity contribution is 0.542. The van der Waals surface area contributed by atoms with Crippen LogP contribution in [0.4, 0.5) is 23.2 Å². The van der Waals surface area contributed by atoms with E-state index in [9.17, 15) is 17.6 Å². The molecule has 0 fully saturated rings. The monoisotopic (exact) mass is 376 g/mol. The Labute approximate surface area is 153 Å².